The van der Waals surface area contributed by atoms with Gasteiger partial charge in [-0.05, 0) is 6.07 Å². The van der Waals surface area contributed by atoms with E-state index in [0.717, 1.165) is 0 Å². The highest BCUT2D eigenvalue weighted by Gasteiger charge is 2.15. The number of H-pyrrole nitrogens is 1. The number of methoxy groups -OCH3 is 1. The monoisotopic (exact) mass is 236 g/mol. The maximum atomic E-state index is 11.1. The average Bonchev–Trinajstić information content (AvgIpc) is 2.78. The predicted molar refractivity (Wildman–Crippen MR) is 59.2 cm³/mol. The van der Waals surface area contributed by atoms with Gasteiger partial charge in [-0.1, -0.05) is 11.2 Å². The van der Waals surface area contributed by atoms with Crippen molar-refractivity contribution in [2.45, 2.75) is 6.04 Å². The van der Waals surface area contributed by atoms with Gasteiger partial charge in [-0.2, -0.15) is 4.98 Å². The molecular weight excluding hydrogens is 224 g/mol. The second kappa shape index (κ2) is 4.89. The van der Waals surface area contributed by atoms with Crippen LogP contribution in [-0.4, -0.2) is 28.8 Å². The van der Waals surface area contributed by atoms with E-state index in [0.29, 0.717) is 18.1 Å². The number of aromatic nitrogens is 3. The summed E-state index contributed by atoms with van der Waals surface area (Å²) in [6.07, 6.45) is 0. The van der Waals surface area contributed by atoms with Crippen LogP contribution in [0.25, 0.3) is 11.6 Å². The van der Waals surface area contributed by atoms with Gasteiger partial charge < -0.3 is 20.0 Å². The molecule has 0 aliphatic carbocycles. The summed E-state index contributed by atoms with van der Waals surface area (Å²) in [5.41, 5.74) is 5.97. The van der Waals surface area contributed by atoms with Gasteiger partial charge in [0.25, 0.3) is 5.89 Å². The van der Waals surface area contributed by atoms with Gasteiger partial charge in [0.1, 0.15) is 5.69 Å². The fourth-order valence-electron chi connectivity index (χ4n) is 1.32. The van der Waals surface area contributed by atoms with Crippen LogP contribution in [0.4, 0.5) is 0 Å². The highest BCUT2D eigenvalue weighted by atomic mass is 16.5. The van der Waals surface area contributed by atoms with E-state index in [1.807, 2.05) is 0 Å². The second-order valence-electron chi connectivity index (χ2n) is 3.45. The standard InChI is InChI=1S/C10H12N4O3/c1-16-5-6(11)9-13-10(17-14-9)7-3-2-4-8(15)12-7/h2-4,6H,5,11H2,1H3,(H,12,15). The Kier molecular flexibility index (Phi) is 3.31. The largest absolute Gasteiger partial charge is 0.383 e. The lowest BCUT2D eigenvalue weighted by Crippen LogP contribution is -2.17. The molecule has 0 aliphatic heterocycles. The van der Waals surface area contributed by atoms with Crippen LogP contribution in [0, 0.1) is 0 Å². The molecule has 0 amide bonds. The van der Waals surface area contributed by atoms with Crippen molar-refractivity contribution < 1.29 is 9.26 Å². The molecule has 0 saturated heterocycles. The maximum Gasteiger partial charge on any atom is 0.274 e. The number of hydrogen-bond acceptors (Lipinski definition) is 6. The molecule has 2 heterocycles. The van der Waals surface area contributed by atoms with Gasteiger partial charge in [-0.3, -0.25) is 4.79 Å². The van der Waals surface area contributed by atoms with E-state index in [9.17, 15) is 4.79 Å². The summed E-state index contributed by atoms with van der Waals surface area (Å²) >= 11 is 0. The molecule has 0 fully saturated rings. The van der Waals surface area contributed by atoms with Crippen LogP contribution in [0.2, 0.25) is 0 Å². The van der Waals surface area contributed by atoms with Crippen LogP contribution >= 0.6 is 0 Å². The zero-order valence-corrected chi connectivity index (χ0v) is 9.21. The third-order valence-electron chi connectivity index (χ3n) is 2.12. The van der Waals surface area contributed by atoms with E-state index >= 15 is 0 Å². The minimum Gasteiger partial charge on any atom is -0.383 e. The van der Waals surface area contributed by atoms with E-state index < -0.39 is 6.04 Å². The lowest BCUT2D eigenvalue weighted by Gasteiger charge is -2.03. The van der Waals surface area contributed by atoms with Crippen LogP contribution < -0.4 is 11.3 Å². The molecule has 2 rings (SSSR count). The summed E-state index contributed by atoms with van der Waals surface area (Å²) in [6.45, 7) is 0.296. The SMILES string of the molecule is COCC(N)c1noc(-c2cccc(=O)[nH]2)n1. The molecule has 90 valence electrons. The van der Waals surface area contributed by atoms with Gasteiger partial charge in [-0.25, -0.2) is 0 Å². The molecule has 2 aromatic rings. The zero-order chi connectivity index (χ0) is 12.3. The minimum absolute atomic E-state index is 0.226. The first kappa shape index (κ1) is 11.5. The smallest absolute Gasteiger partial charge is 0.274 e. The highest BCUT2D eigenvalue weighted by molar-refractivity contribution is 5.45. The molecule has 0 spiro atoms. The fraction of sp³-hybridized carbons (Fsp3) is 0.300. The summed E-state index contributed by atoms with van der Waals surface area (Å²) in [5, 5.41) is 3.73. The molecule has 0 saturated carbocycles. The number of ether oxygens (including phenoxy) is 1. The molecule has 1 atom stereocenters. The third kappa shape index (κ3) is 2.58. The van der Waals surface area contributed by atoms with Crippen molar-refractivity contribution in [3.05, 3.63) is 34.4 Å². The van der Waals surface area contributed by atoms with Crippen molar-refractivity contribution in [1.29, 1.82) is 0 Å². The summed E-state index contributed by atoms with van der Waals surface area (Å²) in [4.78, 5) is 17.8. The number of pyridine rings is 1. The Morgan fingerprint density at radius 3 is 3.12 bits per heavy atom. The normalized spacial score (nSPS) is 12.6. The number of rotatable bonds is 4. The number of hydrogen-bond donors (Lipinski definition) is 2. The Labute approximate surface area is 96.6 Å². The van der Waals surface area contributed by atoms with Crippen LogP contribution in [0.3, 0.4) is 0 Å². The fourth-order valence-corrected chi connectivity index (χ4v) is 1.32. The lowest BCUT2D eigenvalue weighted by atomic mass is 10.3. The Morgan fingerprint density at radius 1 is 1.59 bits per heavy atom. The van der Waals surface area contributed by atoms with Crippen molar-refractivity contribution in [3.63, 3.8) is 0 Å². The van der Waals surface area contributed by atoms with E-state index in [2.05, 4.69) is 15.1 Å². The van der Waals surface area contributed by atoms with Crippen LogP contribution in [0.5, 0.6) is 0 Å². The van der Waals surface area contributed by atoms with Crippen LogP contribution in [-0.2, 0) is 4.74 Å². The molecule has 7 nitrogen and oxygen atoms in total. The Balaban J connectivity index is 2.26. The minimum atomic E-state index is -0.451. The molecule has 0 radical (unpaired) electrons. The molecule has 0 bridgehead atoms. The molecule has 0 aliphatic rings. The van der Waals surface area contributed by atoms with E-state index in [4.69, 9.17) is 15.0 Å². The van der Waals surface area contributed by atoms with Gasteiger partial charge in [-0.15, -0.1) is 0 Å². The summed E-state index contributed by atoms with van der Waals surface area (Å²) < 4.78 is 9.89. The number of nitrogens with two attached hydrogens (primary N) is 1. The van der Waals surface area contributed by atoms with Crippen molar-refractivity contribution in [2.24, 2.45) is 5.73 Å². The van der Waals surface area contributed by atoms with Gasteiger partial charge >= 0.3 is 0 Å². The van der Waals surface area contributed by atoms with Gasteiger partial charge in [0.2, 0.25) is 5.56 Å². The van der Waals surface area contributed by atoms with Crippen molar-refractivity contribution >= 4 is 0 Å². The first-order valence-electron chi connectivity index (χ1n) is 4.98. The first-order valence-corrected chi connectivity index (χ1v) is 4.98. The summed E-state index contributed by atoms with van der Waals surface area (Å²) in [5.74, 6) is 0.566. The van der Waals surface area contributed by atoms with E-state index in [1.165, 1.54) is 13.2 Å². The first-order chi connectivity index (χ1) is 8.20. The molecule has 1 unspecified atom stereocenters. The van der Waals surface area contributed by atoms with Crippen molar-refractivity contribution in [3.8, 4) is 11.6 Å². The van der Waals surface area contributed by atoms with Crippen LogP contribution in [0.1, 0.15) is 11.9 Å². The molecular formula is C10H12N4O3. The Hall–Kier alpha value is -1.99. The molecule has 17 heavy (non-hydrogen) atoms. The Bertz CT molecular complexity index is 548. The van der Waals surface area contributed by atoms with Crippen molar-refractivity contribution in [1.82, 2.24) is 15.1 Å². The second-order valence-corrected chi connectivity index (χ2v) is 3.45. The number of aromatic amines is 1. The molecule has 7 heteroatoms. The van der Waals surface area contributed by atoms with Gasteiger partial charge in [0, 0.05) is 13.2 Å². The Morgan fingerprint density at radius 2 is 2.41 bits per heavy atom. The van der Waals surface area contributed by atoms with Gasteiger partial charge in [0.15, 0.2) is 5.82 Å². The quantitative estimate of drug-likeness (QED) is 0.777. The van der Waals surface area contributed by atoms with E-state index in [1.54, 1.807) is 12.1 Å². The maximum absolute atomic E-state index is 11.1. The highest BCUT2D eigenvalue weighted by Crippen LogP contribution is 2.14. The summed E-state index contributed by atoms with van der Waals surface area (Å²) in [7, 11) is 1.54. The molecule has 0 aromatic carbocycles. The molecule has 3 N–H and O–H groups in total. The topological polar surface area (TPSA) is 107 Å². The van der Waals surface area contributed by atoms with Crippen molar-refractivity contribution in [2.75, 3.05) is 13.7 Å². The zero-order valence-electron chi connectivity index (χ0n) is 9.21. The van der Waals surface area contributed by atoms with E-state index in [-0.39, 0.29) is 11.4 Å². The molecule has 2 aromatic heterocycles. The third-order valence-corrected chi connectivity index (χ3v) is 2.12. The van der Waals surface area contributed by atoms with Crippen LogP contribution in [0.15, 0.2) is 27.5 Å². The number of nitrogens with zero attached hydrogens (tertiary/aromatic N) is 2. The lowest BCUT2D eigenvalue weighted by molar-refractivity contribution is 0.177. The summed E-state index contributed by atoms with van der Waals surface area (Å²) in [6, 6.07) is 4.22. The predicted octanol–water partition coefficient (Wildman–Crippen LogP) is 0.0711. The van der Waals surface area contributed by atoms with Gasteiger partial charge in [0.05, 0.1) is 12.6 Å². The average molecular weight is 236 g/mol. The number of nitrogens with one attached hydrogen (secondary N) is 1.